The number of amides is 1. The van der Waals surface area contributed by atoms with E-state index in [1.807, 2.05) is 13.8 Å². The minimum absolute atomic E-state index is 0.102. The summed E-state index contributed by atoms with van der Waals surface area (Å²) >= 11 is 0. The van der Waals surface area contributed by atoms with Crippen LogP contribution in [0.5, 0.6) is 5.75 Å². The molecular weight excluding hydrogens is 202 g/mol. The van der Waals surface area contributed by atoms with Crippen molar-refractivity contribution in [3.05, 3.63) is 28.8 Å². The average molecular weight is 217 g/mol. The molecule has 0 unspecified atom stereocenters. The zero-order valence-electron chi connectivity index (χ0n) is 9.76. The number of ether oxygens (including phenoxy) is 1. The van der Waals surface area contributed by atoms with Crippen molar-refractivity contribution in [1.82, 2.24) is 5.32 Å². The van der Waals surface area contributed by atoms with Crippen LogP contribution in [0.15, 0.2) is 12.1 Å². The molecular formula is C13H15NO2. The number of terminal acetylenes is 1. The van der Waals surface area contributed by atoms with Crippen molar-refractivity contribution in [3.8, 4) is 18.1 Å². The molecule has 0 bridgehead atoms. The van der Waals surface area contributed by atoms with Crippen molar-refractivity contribution >= 4 is 5.91 Å². The van der Waals surface area contributed by atoms with Crippen LogP contribution < -0.4 is 10.1 Å². The quantitative estimate of drug-likeness (QED) is 0.782. The maximum atomic E-state index is 11.5. The Morgan fingerprint density at radius 2 is 2.00 bits per heavy atom. The van der Waals surface area contributed by atoms with Crippen LogP contribution in [0.4, 0.5) is 0 Å². The van der Waals surface area contributed by atoms with Gasteiger partial charge < -0.3 is 10.1 Å². The van der Waals surface area contributed by atoms with Gasteiger partial charge in [-0.1, -0.05) is 5.92 Å². The molecule has 0 aromatic heterocycles. The molecule has 1 aromatic rings. The Labute approximate surface area is 95.8 Å². The van der Waals surface area contributed by atoms with Gasteiger partial charge in [-0.3, -0.25) is 4.79 Å². The first kappa shape index (κ1) is 12.1. The summed E-state index contributed by atoms with van der Waals surface area (Å²) in [7, 11) is 1.61. The zero-order valence-corrected chi connectivity index (χ0v) is 9.76. The summed E-state index contributed by atoms with van der Waals surface area (Å²) in [5, 5.41) is 2.59. The van der Waals surface area contributed by atoms with E-state index in [4.69, 9.17) is 11.2 Å². The second kappa shape index (κ2) is 5.22. The van der Waals surface area contributed by atoms with Gasteiger partial charge in [0.1, 0.15) is 12.4 Å². The van der Waals surface area contributed by atoms with E-state index in [0.717, 1.165) is 16.9 Å². The Bertz CT molecular complexity index is 421. The van der Waals surface area contributed by atoms with Crippen molar-refractivity contribution in [2.24, 2.45) is 0 Å². The number of aryl methyl sites for hydroxylation is 2. The number of carbonyl (C=O) groups excluding carboxylic acids is 1. The van der Waals surface area contributed by atoms with E-state index in [0.29, 0.717) is 5.56 Å². The number of nitrogens with one attached hydrogen (secondary N) is 1. The molecule has 0 fully saturated rings. The topological polar surface area (TPSA) is 38.3 Å². The van der Waals surface area contributed by atoms with Gasteiger partial charge in [0.05, 0.1) is 0 Å². The molecule has 1 N–H and O–H groups in total. The van der Waals surface area contributed by atoms with Crippen molar-refractivity contribution in [2.45, 2.75) is 13.8 Å². The Kier molecular flexibility index (Phi) is 3.96. The molecule has 3 heteroatoms. The lowest BCUT2D eigenvalue weighted by Crippen LogP contribution is -2.18. The van der Waals surface area contributed by atoms with Crippen LogP contribution in [0.2, 0.25) is 0 Å². The van der Waals surface area contributed by atoms with Crippen LogP contribution in [-0.4, -0.2) is 19.6 Å². The third-order valence-corrected chi connectivity index (χ3v) is 2.25. The summed E-state index contributed by atoms with van der Waals surface area (Å²) in [6, 6.07) is 3.58. The number of benzene rings is 1. The molecule has 1 aromatic carbocycles. The minimum Gasteiger partial charge on any atom is -0.480 e. The fourth-order valence-electron chi connectivity index (χ4n) is 1.57. The van der Waals surface area contributed by atoms with Gasteiger partial charge in [0.2, 0.25) is 0 Å². The van der Waals surface area contributed by atoms with Gasteiger partial charge in [-0.15, -0.1) is 6.42 Å². The van der Waals surface area contributed by atoms with Gasteiger partial charge >= 0.3 is 0 Å². The molecule has 0 aliphatic carbocycles. The standard InChI is InChI=1S/C13H15NO2/c1-5-6-16-12-9(2)7-11(8-10(12)3)13(15)14-4/h1,7-8H,6H2,2-4H3,(H,14,15). The van der Waals surface area contributed by atoms with Crippen molar-refractivity contribution < 1.29 is 9.53 Å². The summed E-state index contributed by atoms with van der Waals surface area (Å²) in [4.78, 5) is 11.5. The molecule has 0 aliphatic rings. The predicted octanol–water partition coefficient (Wildman–Crippen LogP) is 1.68. The highest BCUT2D eigenvalue weighted by Gasteiger charge is 2.10. The molecule has 0 radical (unpaired) electrons. The fraction of sp³-hybridized carbons (Fsp3) is 0.308. The number of rotatable bonds is 3. The maximum Gasteiger partial charge on any atom is 0.251 e. The highest BCUT2D eigenvalue weighted by Crippen LogP contribution is 2.24. The largest absolute Gasteiger partial charge is 0.480 e. The van der Waals surface area contributed by atoms with Crippen LogP contribution in [0.25, 0.3) is 0 Å². The normalized spacial score (nSPS) is 9.38. The summed E-state index contributed by atoms with van der Waals surface area (Å²) in [5.41, 5.74) is 2.45. The van der Waals surface area contributed by atoms with Crippen LogP contribution in [-0.2, 0) is 0 Å². The molecule has 0 aliphatic heterocycles. The van der Waals surface area contributed by atoms with Gasteiger partial charge in [-0.2, -0.15) is 0 Å². The molecule has 0 spiro atoms. The maximum absolute atomic E-state index is 11.5. The monoisotopic (exact) mass is 217 g/mol. The molecule has 0 atom stereocenters. The van der Waals surface area contributed by atoms with E-state index in [9.17, 15) is 4.79 Å². The smallest absolute Gasteiger partial charge is 0.251 e. The Balaban J connectivity index is 3.08. The van der Waals surface area contributed by atoms with Crippen LogP contribution >= 0.6 is 0 Å². The van der Waals surface area contributed by atoms with Crippen molar-refractivity contribution in [1.29, 1.82) is 0 Å². The number of carbonyl (C=O) groups is 1. The van der Waals surface area contributed by atoms with Gasteiger partial charge in [0, 0.05) is 12.6 Å². The second-order valence-electron chi connectivity index (χ2n) is 3.51. The van der Waals surface area contributed by atoms with Crippen LogP contribution in [0.1, 0.15) is 21.5 Å². The van der Waals surface area contributed by atoms with Gasteiger partial charge in [0.25, 0.3) is 5.91 Å². The van der Waals surface area contributed by atoms with Gasteiger partial charge in [-0.25, -0.2) is 0 Å². The highest BCUT2D eigenvalue weighted by atomic mass is 16.5. The number of hydrogen-bond acceptors (Lipinski definition) is 2. The van der Waals surface area contributed by atoms with E-state index < -0.39 is 0 Å². The third kappa shape index (κ3) is 2.54. The lowest BCUT2D eigenvalue weighted by Gasteiger charge is -2.11. The second-order valence-corrected chi connectivity index (χ2v) is 3.51. The Morgan fingerprint density at radius 3 is 2.44 bits per heavy atom. The summed E-state index contributed by atoms with van der Waals surface area (Å²) in [6.45, 7) is 4.03. The first-order valence-electron chi connectivity index (χ1n) is 4.99. The summed E-state index contributed by atoms with van der Waals surface area (Å²) in [6.07, 6.45) is 5.14. The number of hydrogen-bond donors (Lipinski definition) is 1. The average Bonchev–Trinajstić information content (AvgIpc) is 2.26. The molecule has 84 valence electrons. The molecule has 3 nitrogen and oxygen atoms in total. The minimum atomic E-state index is -0.102. The lowest BCUT2D eigenvalue weighted by atomic mass is 10.1. The lowest BCUT2D eigenvalue weighted by molar-refractivity contribution is 0.0963. The van der Waals surface area contributed by atoms with Gasteiger partial charge in [-0.05, 0) is 37.1 Å². The molecule has 0 heterocycles. The first-order valence-corrected chi connectivity index (χ1v) is 4.99. The Morgan fingerprint density at radius 1 is 1.44 bits per heavy atom. The predicted molar refractivity (Wildman–Crippen MR) is 63.6 cm³/mol. The molecule has 16 heavy (non-hydrogen) atoms. The molecule has 1 rings (SSSR count). The van der Waals surface area contributed by atoms with Crippen LogP contribution in [0.3, 0.4) is 0 Å². The molecule has 0 saturated heterocycles. The summed E-state index contributed by atoms with van der Waals surface area (Å²) in [5.74, 6) is 3.07. The van der Waals surface area contributed by atoms with E-state index in [1.54, 1.807) is 19.2 Å². The van der Waals surface area contributed by atoms with Crippen LogP contribution in [0, 0.1) is 26.2 Å². The van der Waals surface area contributed by atoms with E-state index >= 15 is 0 Å². The van der Waals surface area contributed by atoms with E-state index in [1.165, 1.54) is 0 Å². The van der Waals surface area contributed by atoms with E-state index in [-0.39, 0.29) is 12.5 Å². The summed E-state index contributed by atoms with van der Waals surface area (Å²) < 4.78 is 5.42. The fourth-order valence-corrected chi connectivity index (χ4v) is 1.57. The van der Waals surface area contributed by atoms with Crippen molar-refractivity contribution in [3.63, 3.8) is 0 Å². The molecule has 0 saturated carbocycles. The highest BCUT2D eigenvalue weighted by molar-refractivity contribution is 5.94. The zero-order chi connectivity index (χ0) is 12.1. The van der Waals surface area contributed by atoms with E-state index in [2.05, 4.69) is 11.2 Å². The third-order valence-electron chi connectivity index (χ3n) is 2.25. The van der Waals surface area contributed by atoms with Crippen molar-refractivity contribution in [2.75, 3.05) is 13.7 Å². The molecule has 1 amide bonds. The first-order chi connectivity index (χ1) is 7.60. The van der Waals surface area contributed by atoms with Gasteiger partial charge in [0.15, 0.2) is 0 Å². The SMILES string of the molecule is C#CCOc1c(C)cc(C(=O)NC)cc1C. The Hall–Kier alpha value is -1.95.